The zero-order chi connectivity index (χ0) is 9.97. The zero-order valence-corrected chi connectivity index (χ0v) is 8.23. The van der Waals surface area contributed by atoms with Gasteiger partial charge < -0.3 is 9.15 Å². The largest absolute Gasteiger partial charge is 0.480 e. The molecule has 0 aliphatic carbocycles. The Hall–Kier alpha value is -1.71. The van der Waals surface area contributed by atoms with Gasteiger partial charge in [-0.1, -0.05) is 0 Å². The topological polar surface area (TPSA) is 40.2 Å². The van der Waals surface area contributed by atoms with E-state index in [1.54, 1.807) is 18.1 Å². The smallest absolute Gasteiger partial charge is 0.236 e. The van der Waals surface area contributed by atoms with Gasteiger partial charge in [-0.3, -0.25) is 4.68 Å². The van der Waals surface area contributed by atoms with Crippen molar-refractivity contribution in [1.82, 2.24) is 9.78 Å². The molecule has 0 fully saturated rings. The predicted octanol–water partition coefficient (Wildman–Crippen LogP) is 1.61. The molecule has 0 aliphatic rings. The Bertz CT molecular complexity index is 404. The summed E-state index contributed by atoms with van der Waals surface area (Å²) in [7, 11) is 3.49. The molecule has 0 aliphatic heterocycles. The summed E-state index contributed by atoms with van der Waals surface area (Å²) in [5.41, 5.74) is 1.03. The quantitative estimate of drug-likeness (QED) is 0.741. The van der Waals surface area contributed by atoms with Gasteiger partial charge in [-0.2, -0.15) is 0 Å². The summed E-state index contributed by atoms with van der Waals surface area (Å²) in [6.45, 7) is 0. The van der Waals surface area contributed by atoms with Crippen LogP contribution in [0.15, 0.2) is 29.0 Å². The van der Waals surface area contributed by atoms with Crippen LogP contribution in [0.5, 0.6) is 5.88 Å². The summed E-state index contributed by atoms with van der Waals surface area (Å²) in [4.78, 5) is 0. The summed E-state index contributed by atoms with van der Waals surface area (Å²) in [5, 5.41) is 4.16. The van der Waals surface area contributed by atoms with Gasteiger partial charge in [0.25, 0.3) is 0 Å². The van der Waals surface area contributed by atoms with E-state index in [1.807, 2.05) is 25.4 Å². The highest BCUT2D eigenvalue weighted by atomic mass is 16.5. The Morgan fingerprint density at radius 3 is 3.07 bits per heavy atom. The molecule has 0 unspecified atom stereocenters. The van der Waals surface area contributed by atoms with E-state index < -0.39 is 0 Å². The molecule has 2 heterocycles. The molecule has 0 N–H and O–H groups in total. The molecule has 0 saturated heterocycles. The Kier molecular flexibility index (Phi) is 2.26. The lowest BCUT2D eigenvalue weighted by Gasteiger charge is -1.97. The van der Waals surface area contributed by atoms with E-state index in [2.05, 4.69) is 5.10 Å². The monoisotopic (exact) mass is 192 g/mol. The van der Waals surface area contributed by atoms with Crippen molar-refractivity contribution in [2.24, 2.45) is 7.05 Å². The van der Waals surface area contributed by atoms with Crippen molar-refractivity contribution in [2.75, 3.05) is 7.11 Å². The van der Waals surface area contributed by atoms with Crippen LogP contribution in [-0.4, -0.2) is 16.9 Å². The van der Waals surface area contributed by atoms with Crippen molar-refractivity contribution in [3.8, 4) is 5.88 Å². The number of aromatic nitrogens is 2. The van der Waals surface area contributed by atoms with Gasteiger partial charge in [0.05, 0.1) is 13.4 Å². The molecule has 0 aromatic carbocycles. The summed E-state index contributed by atoms with van der Waals surface area (Å²) >= 11 is 0. The van der Waals surface area contributed by atoms with E-state index in [4.69, 9.17) is 9.15 Å². The predicted molar refractivity (Wildman–Crippen MR) is 51.3 cm³/mol. The maximum absolute atomic E-state index is 5.25. The minimum absolute atomic E-state index is 0.656. The first-order valence-corrected chi connectivity index (χ1v) is 4.38. The highest BCUT2D eigenvalue weighted by Gasteiger charge is 2.09. The Morgan fingerprint density at radius 2 is 2.43 bits per heavy atom. The minimum atomic E-state index is 0.656. The standard InChI is InChI=1S/C10H12N2O2/c1-12-7-8(10(11-12)13-2)6-9-4-3-5-14-9/h3-5,7H,6H2,1-2H3. The van der Waals surface area contributed by atoms with Gasteiger partial charge in [-0.25, -0.2) is 0 Å². The Labute approximate surface area is 82.1 Å². The number of hydrogen-bond acceptors (Lipinski definition) is 3. The second-order valence-electron chi connectivity index (χ2n) is 3.09. The van der Waals surface area contributed by atoms with E-state index in [-0.39, 0.29) is 0 Å². The molecule has 0 spiro atoms. The van der Waals surface area contributed by atoms with E-state index in [9.17, 15) is 0 Å². The zero-order valence-electron chi connectivity index (χ0n) is 8.23. The van der Waals surface area contributed by atoms with Gasteiger partial charge in [-0.05, 0) is 12.1 Å². The van der Waals surface area contributed by atoms with Crippen LogP contribution in [0.2, 0.25) is 0 Å². The molecule has 2 rings (SSSR count). The second-order valence-corrected chi connectivity index (χ2v) is 3.09. The molecule has 4 heteroatoms. The van der Waals surface area contributed by atoms with E-state index in [1.165, 1.54) is 0 Å². The molecule has 0 amide bonds. The van der Waals surface area contributed by atoms with Crippen molar-refractivity contribution in [3.05, 3.63) is 35.9 Å². The van der Waals surface area contributed by atoms with Crippen LogP contribution in [-0.2, 0) is 13.5 Å². The number of aryl methyl sites for hydroxylation is 1. The van der Waals surface area contributed by atoms with Gasteiger partial charge >= 0.3 is 0 Å². The van der Waals surface area contributed by atoms with Crippen molar-refractivity contribution in [2.45, 2.75) is 6.42 Å². The lowest BCUT2D eigenvalue weighted by Crippen LogP contribution is -1.90. The van der Waals surface area contributed by atoms with Gasteiger partial charge in [-0.15, -0.1) is 5.10 Å². The third-order valence-corrected chi connectivity index (χ3v) is 2.00. The molecule has 0 radical (unpaired) electrons. The highest BCUT2D eigenvalue weighted by Crippen LogP contribution is 2.18. The minimum Gasteiger partial charge on any atom is -0.480 e. The highest BCUT2D eigenvalue weighted by molar-refractivity contribution is 5.27. The maximum atomic E-state index is 5.25. The molecule has 0 atom stereocenters. The van der Waals surface area contributed by atoms with Crippen molar-refractivity contribution in [3.63, 3.8) is 0 Å². The molecule has 74 valence electrons. The number of nitrogens with zero attached hydrogens (tertiary/aromatic N) is 2. The third kappa shape index (κ3) is 1.64. The first-order valence-electron chi connectivity index (χ1n) is 4.38. The summed E-state index contributed by atoms with van der Waals surface area (Å²) in [6, 6.07) is 3.81. The second kappa shape index (κ2) is 3.57. The van der Waals surface area contributed by atoms with Crippen molar-refractivity contribution in [1.29, 1.82) is 0 Å². The molecule has 4 nitrogen and oxygen atoms in total. The fraction of sp³-hybridized carbons (Fsp3) is 0.300. The van der Waals surface area contributed by atoms with Gasteiger partial charge in [0.1, 0.15) is 5.76 Å². The first kappa shape index (κ1) is 8.87. The summed E-state index contributed by atoms with van der Waals surface area (Å²) in [6.07, 6.45) is 4.31. The molecule has 14 heavy (non-hydrogen) atoms. The lowest BCUT2D eigenvalue weighted by atomic mass is 10.2. The average molecular weight is 192 g/mol. The molecular weight excluding hydrogens is 180 g/mol. The Balaban J connectivity index is 2.23. The number of ether oxygens (including phenoxy) is 1. The van der Waals surface area contributed by atoms with Crippen LogP contribution < -0.4 is 4.74 Å². The summed E-state index contributed by atoms with van der Waals surface area (Å²) in [5.74, 6) is 1.57. The molecule has 2 aromatic rings. The molecule has 0 bridgehead atoms. The fourth-order valence-corrected chi connectivity index (χ4v) is 1.41. The number of rotatable bonds is 3. The van der Waals surface area contributed by atoms with Gasteiger partial charge in [0.15, 0.2) is 0 Å². The van der Waals surface area contributed by atoms with Gasteiger partial charge in [0, 0.05) is 25.2 Å². The van der Waals surface area contributed by atoms with Crippen molar-refractivity contribution < 1.29 is 9.15 Å². The molecule has 0 saturated carbocycles. The molecule has 2 aromatic heterocycles. The first-order chi connectivity index (χ1) is 6.79. The SMILES string of the molecule is COc1nn(C)cc1Cc1ccco1. The van der Waals surface area contributed by atoms with Crippen LogP contribution in [0.3, 0.4) is 0 Å². The normalized spacial score (nSPS) is 10.4. The summed E-state index contributed by atoms with van der Waals surface area (Å²) < 4.78 is 12.1. The van der Waals surface area contributed by atoms with Crippen LogP contribution in [0.1, 0.15) is 11.3 Å². The van der Waals surface area contributed by atoms with E-state index in [0.717, 1.165) is 11.3 Å². The molecular formula is C10H12N2O2. The number of hydrogen-bond donors (Lipinski definition) is 0. The lowest BCUT2D eigenvalue weighted by molar-refractivity contribution is 0.387. The maximum Gasteiger partial charge on any atom is 0.236 e. The number of furan rings is 1. The van der Waals surface area contributed by atoms with E-state index in [0.29, 0.717) is 12.3 Å². The van der Waals surface area contributed by atoms with Crippen molar-refractivity contribution >= 4 is 0 Å². The van der Waals surface area contributed by atoms with Crippen LogP contribution >= 0.6 is 0 Å². The van der Waals surface area contributed by atoms with Gasteiger partial charge in [0.2, 0.25) is 5.88 Å². The van der Waals surface area contributed by atoms with Crippen LogP contribution in [0.25, 0.3) is 0 Å². The number of methoxy groups -OCH3 is 1. The average Bonchev–Trinajstić information content (AvgIpc) is 2.76. The van der Waals surface area contributed by atoms with Crippen LogP contribution in [0.4, 0.5) is 0 Å². The third-order valence-electron chi connectivity index (χ3n) is 2.00. The van der Waals surface area contributed by atoms with Crippen LogP contribution in [0, 0.1) is 0 Å². The van der Waals surface area contributed by atoms with E-state index >= 15 is 0 Å². The fourth-order valence-electron chi connectivity index (χ4n) is 1.41. The Morgan fingerprint density at radius 1 is 1.57 bits per heavy atom.